The lowest BCUT2D eigenvalue weighted by Gasteiger charge is -2.18. The second kappa shape index (κ2) is 9.20. The molecule has 0 aliphatic heterocycles. The Balaban J connectivity index is 2.48. The fraction of sp³-hybridized carbons (Fsp3) is 0.529. The number of hydrogen-bond acceptors (Lipinski definition) is 3. The number of hydrogen-bond donors (Lipinski definition) is 2. The molecule has 1 aromatic rings. The fourth-order valence-electron chi connectivity index (χ4n) is 1.96. The van der Waals surface area contributed by atoms with E-state index in [0.717, 1.165) is 19.6 Å². The van der Waals surface area contributed by atoms with Crippen LogP contribution >= 0.6 is 0 Å². The molecule has 0 fully saturated rings. The SMILES string of the molecule is CCN(CC)CCNC(=O)c1ccc(NC(=O)C(C)C)cc1. The number of anilines is 1. The van der Waals surface area contributed by atoms with Crippen LogP contribution in [0.4, 0.5) is 5.69 Å². The first-order valence-electron chi connectivity index (χ1n) is 7.89. The normalized spacial score (nSPS) is 10.8. The van der Waals surface area contributed by atoms with Crippen molar-refractivity contribution < 1.29 is 9.59 Å². The first kappa shape index (κ1) is 18.2. The van der Waals surface area contributed by atoms with Crippen LogP contribution in [0.3, 0.4) is 0 Å². The largest absolute Gasteiger partial charge is 0.351 e. The van der Waals surface area contributed by atoms with E-state index in [1.54, 1.807) is 24.3 Å². The summed E-state index contributed by atoms with van der Waals surface area (Å²) in [6.07, 6.45) is 0. The van der Waals surface area contributed by atoms with Crippen LogP contribution in [-0.4, -0.2) is 42.9 Å². The lowest BCUT2D eigenvalue weighted by molar-refractivity contribution is -0.118. The Morgan fingerprint density at radius 1 is 1.09 bits per heavy atom. The number of rotatable bonds is 8. The topological polar surface area (TPSA) is 61.4 Å². The zero-order valence-electron chi connectivity index (χ0n) is 14.0. The second-order valence-corrected chi connectivity index (χ2v) is 5.50. The van der Waals surface area contributed by atoms with Crippen molar-refractivity contribution in [1.82, 2.24) is 10.2 Å². The Morgan fingerprint density at radius 2 is 1.68 bits per heavy atom. The van der Waals surface area contributed by atoms with Gasteiger partial charge in [-0.3, -0.25) is 9.59 Å². The molecule has 1 aromatic carbocycles. The number of benzene rings is 1. The zero-order valence-corrected chi connectivity index (χ0v) is 14.0. The van der Waals surface area contributed by atoms with Gasteiger partial charge in [-0.2, -0.15) is 0 Å². The van der Waals surface area contributed by atoms with Crippen LogP contribution in [0, 0.1) is 5.92 Å². The minimum absolute atomic E-state index is 0.0311. The molecule has 0 heterocycles. The van der Waals surface area contributed by atoms with Gasteiger partial charge in [0.05, 0.1) is 0 Å². The summed E-state index contributed by atoms with van der Waals surface area (Å²) < 4.78 is 0. The molecule has 0 unspecified atom stereocenters. The molecular weight excluding hydrogens is 278 g/mol. The highest BCUT2D eigenvalue weighted by molar-refractivity contribution is 5.96. The number of nitrogens with zero attached hydrogens (tertiary/aromatic N) is 1. The molecule has 0 radical (unpaired) electrons. The Kier molecular flexibility index (Phi) is 7.60. The van der Waals surface area contributed by atoms with E-state index >= 15 is 0 Å². The van der Waals surface area contributed by atoms with Gasteiger partial charge in [-0.25, -0.2) is 0 Å². The molecule has 122 valence electrons. The minimum Gasteiger partial charge on any atom is -0.351 e. The van der Waals surface area contributed by atoms with E-state index in [0.29, 0.717) is 17.8 Å². The molecule has 0 atom stereocenters. The summed E-state index contributed by atoms with van der Waals surface area (Å²) in [5.74, 6) is -0.187. The third-order valence-corrected chi connectivity index (χ3v) is 3.55. The van der Waals surface area contributed by atoms with Crippen LogP contribution in [0.5, 0.6) is 0 Å². The Hall–Kier alpha value is -1.88. The average Bonchev–Trinajstić information content (AvgIpc) is 2.52. The van der Waals surface area contributed by atoms with Gasteiger partial charge in [0.15, 0.2) is 0 Å². The van der Waals surface area contributed by atoms with E-state index in [9.17, 15) is 9.59 Å². The van der Waals surface area contributed by atoms with Crippen molar-refractivity contribution in [3.8, 4) is 0 Å². The fourth-order valence-corrected chi connectivity index (χ4v) is 1.96. The summed E-state index contributed by atoms with van der Waals surface area (Å²) in [5.41, 5.74) is 1.31. The molecule has 5 heteroatoms. The van der Waals surface area contributed by atoms with Gasteiger partial charge < -0.3 is 15.5 Å². The van der Waals surface area contributed by atoms with Crippen molar-refractivity contribution in [1.29, 1.82) is 0 Å². The van der Waals surface area contributed by atoms with E-state index in [-0.39, 0.29) is 17.7 Å². The predicted octanol–water partition coefficient (Wildman–Crippen LogP) is 2.35. The quantitative estimate of drug-likeness (QED) is 0.775. The monoisotopic (exact) mass is 305 g/mol. The molecule has 1 rings (SSSR count). The highest BCUT2D eigenvalue weighted by atomic mass is 16.2. The van der Waals surface area contributed by atoms with Gasteiger partial charge in [-0.05, 0) is 37.4 Å². The standard InChI is InChI=1S/C17H27N3O2/c1-5-20(6-2)12-11-18-17(22)14-7-9-15(10-8-14)19-16(21)13(3)4/h7-10,13H,5-6,11-12H2,1-4H3,(H,18,22)(H,19,21). The number of nitrogens with one attached hydrogen (secondary N) is 2. The molecule has 0 spiro atoms. The lowest BCUT2D eigenvalue weighted by atomic mass is 10.1. The molecule has 0 aliphatic rings. The molecule has 0 bridgehead atoms. The summed E-state index contributed by atoms with van der Waals surface area (Å²) >= 11 is 0. The third kappa shape index (κ3) is 5.85. The van der Waals surface area contributed by atoms with Crippen LogP contribution in [-0.2, 0) is 4.79 Å². The Bertz CT molecular complexity index is 479. The summed E-state index contributed by atoms with van der Waals surface area (Å²) in [4.78, 5) is 25.9. The van der Waals surface area contributed by atoms with Crippen LogP contribution in [0.25, 0.3) is 0 Å². The summed E-state index contributed by atoms with van der Waals surface area (Å²) in [5, 5.41) is 5.71. The van der Waals surface area contributed by atoms with Crippen LogP contribution in [0.2, 0.25) is 0 Å². The summed E-state index contributed by atoms with van der Waals surface area (Å²) in [6, 6.07) is 6.95. The Labute approximate surface area is 133 Å². The third-order valence-electron chi connectivity index (χ3n) is 3.55. The van der Waals surface area contributed by atoms with Gasteiger partial charge in [0, 0.05) is 30.3 Å². The van der Waals surface area contributed by atoms with Crippen molar-refractivity contribution in [2.45, 2.75) is 27.7 Å². The maximum absolute atomic E-state index is 12.0. The van der Waals surface area contributed by atoms with Gasteiger partial charge in [0.2, 0.25) is 5.91 Å². The van der Waals surface area contributed by atoms with Gasteiger partial charge in [0.25, 0.3) is 5.91 Å². The summed E-state index contributed by atoms with van der Waals surface area (Å²) in [7, 11) is 0. The Morgan fingerprint density at radius 3 is 2.18 bits per heavy atom. The van der Waals surface area contributed by atoms with Gasteiger partial charge in [0.1, 0.15) is 0 Å². The minimum atomic E-state index is -0.0890. The van der Waals surface area contributed by atoms with Gasteiger partial charge in [-0.1, -0.05) is 27.7 Å². The maximum Gasteiger partial charge on any atom is 0.251 e. The van der Waals surface area contributed by atoms with Crippen LogP contribution < -0.4 is 10.6 Å². The summed E-state index contributed by atoms with van der Waals surface area (Å²) in [6.45, 7) is 11.3. The predicted molar refractivity (Wildman–Crippen MR) is 90.0 cm³/mol. The van der Waals surface area contributed by atoms with Crippen molar-refractivity contribution in [2.75, 3.05) is 31.5 Å². The molecule has 0 saturated carbocycles. The smallest absolute Gasteiger partial charge is 0.251 e. The average molecular weight is 305 g/mol. The lowest BCUT2D eigenvalue weighted by Crippen LogP contribution is -2.34. The maximum atomic E-state index is 12.0. The van der Waals surface area contributed by atoms with Crippen molar-refractivity contribution >= 4 is 17.5 Å². The molecule has 22 heavy (non-hydrogen) atoms. The van der Waals surface area contributed by atoms with Gasteiger partial charge in [-0.15, -0.1) is 0 Å². The number of likely N-dealkylation sites (N-methyl/N-ethyl adjacent to an activating group) is 1. The zero-order chi connectivity index (χ0) is 16.5. The number of amides is 2. The van der Waals surface area contributed by atoms with Crippen molar-refractivity contribution in [3.63, 3.8) is 0 Å². The van der Waals surface area contributed by atoms with Gasteiger partial charge >= 0.3 is 0 Å². The van der Waals surface area contributed by atoms with Crippen LogP contribution in [0.1, 0.15) is 38.1 Å². The molecule has 2 amide bonds. The van der Waals surface area contributed by atoms with Crippen molar-refractivity contribution in [2.24, 2.45) is 5.92 Å². The molecule has 0 aromatic heterocycles. The molecule has 0 aliphatic carbocycles. The number of carbonyl (C=O) groups is 2. The molecule has 5 nitrogen and oxygen atoms in total. The van der Waals surface area contributed by atoms with E-state index in [2.05, 4.69) is 29.4 Å². The van der Waals surface area contributed by atoms with Crippen molar-refractivity contribution in [3.05, 3.63) is 29.8 Å². The van der Waals surface area contributed by atoms with E-state index < -0.39 is 0 Å². The highest BCUT2D eigenvalue weighted by Crippen LogP contribution is 2.11. The highest BCUT2D eigenvalue weighted by Gasteiger charge is 2.09. The first-order valence-corrected chi connectivity index (χ1v) is 7.89. The number of carbonyl (C=O) groups excluding carboxylic acids is 2. The van der Waals surface area contributed by atoms with E-state index in [1.807, 2.05) is 13.8 Å². The molecular formula is C17H27N3O2. The van der Waals surface area contributed by atoms with Crippen LogP contribution in [0.15, 0.2) is 24.3 Å². The molecule has 2 N–H and O–H groups in total. The first-order chi connectivity index (χ1) is 10.5. The molecule has 0 saturated heterocycles. The van der Waals surface area contributed by atoms with E-state index in [4.69, 9.17) is 0 Å². The second-order valence-electron chi connectivity index (χ2n) is 5.50. The van der Waals surface area contributed by atoms with E-state index in [1.165, 1.54) is 0 Å².